The number of para-hydroxylation sites is 2. The molecule has 0 spiro atoms. The van der Waals surface area contributed by atoms with Crippen LogP contribution < -0.4 is 4.90 Å². The maximum Gasteiger partial charge on any atom is 0.259 e. The van der Waals surface area contributed by atoms with Crippen molar-refractivity contribution in [2.24, 2.45) is 9.98 Å². The van der Waals surface area contributed by atoms with Crippen LogP contribution in [0.2, 0.25) is 0 Å². The molecule has 1 atom stereocenters. The number of amidine groups is 2. The maximum absolute atomic E-state index is 13.6. The second kappa shape index (κ2) is 10.5. The molecular formula is C30H29N5O2S. The first kappa shape index (κ1) is 24.4. The molecule has 0 aromatic heterocycles. The molecule has 1 saturated heterocycles. The number of carbonyl (C=O) groups excluding carboxylic acids is 2. The summed E-state index contributed by atoms with van der Waals surface area (Å²) in [6.45, 7) is 4.88. The van der Waals surface area contributed by atoms with Crippen LogP contribution in [0.1, 0.15) is 23.1 Å². The minimum absolute atomic E-state index is 0.0284. The third-order valence-corrected chi connectivity index (χ3v) is 8.17. The topological polar surface area (TPSA) is 68.6 Å². The van der Waals surface area contributed by atoms with Gasteiger partial charge in [0.05, 0.1) is 12.1 Å². The number of hydrogen-bond donors (Lipinski definition) is 0. The highest BCUT2D eigenvalue weighted by atomic mass is 32.2. The summed E-state index contributed by atoms with van der Waals surface area (Å²) in [6.07, 6.45) is 0.0717. The van der Waals surface area contributed by atoms with Gasteiger partial charge in [0.1, 0.15) is 11.9 Å². The van der Waals surface area contributed by atoms with Crippen molar-refractivity contribution < 1.29 is 9.59 Å². The minimum Gasteiger partial charge on any atom is -0.368 e. The number of hydrogen-bond acceptors (Lipinski definition) is 6. The lowest BCUT2D eigenvalue weighted by molar-refractivity contribution is -0.135. The number of thioether (sulfide) groups is 1. The molecule has 8 heteroatoms. The number of anilines is 1. The van der Waals surface area contributed by atoms with E-state index < -0.39 is 6.04 Å². The molecule has 3 aromatic carbocycles. The zero-order valence-corrected chi connectivity index (χ0v) is 22.1. The van der Waals surface area contributed by atoms with E-state index in [2.05, 4.69) is 48.2 Å². The monoisotopic (exact) mass is 523 g/mol. The number of piperazine rings is 1. The molecule has 192 valence electrons. The Morgan fingerprint density at radius 3 is 2.39 bits per heavy atom. The molecule has 0 radical (unpaired) electrons. The van der Waals surface area contributed by atoms with Gasteiger partial charge in [0.25, 0.3) is 5.91 Å². The summed E-state index contributed by atoms with van der Waals surface area (Å²) in [6, 6.07) is 25.6. The van der Waals surface area contributed by atoms with Gasteiger partial charge in [0, 0.05) is 43.2 Å². The van der Waals surface area contributed by atoms with Gasteiger partial charge in [0.2, 0.25) is 5.91 Å². The number of benzene rings is 3. The second-order valence-electron chi connectivity index (χ2n) is 9.74. The molecule has 0 saturated carbocycles. The quantitative estimate of drug-likeness (QED) is 0.489. The molecule has 38 heavy (non-hydrogen) atoms. The molecule has 1 unspecified atom stereocenters. The van der Waals surface area contributed by atoms with Gasteiger partial charge >= 0.3 is 0 Å². The Morgan fingerprint density at radius 2 is 1.63 bits per heavy atom. The molecule has 0 bridgehead atoms. The Kier molecular flexibility index (Phi) is 6.72. The molecule has 3 aliphatic heterocycles. The average Bonchev–Trinajstić information content (AvgIpc) is 3.29. The van der Waals surface area contributed by atoms with Crippen molar-refractivity contribution in [1.82, 2.24) is 9.80 Å². The predicted molar refractivity (Wildman–Crippen MR) is 153 cm³/mol. The van der Waals surface area contributed by atoms with E-state index in [9.17, 15) is 9.59 Å². The van der Waals surface area contributed by atoms with Crippen LogP contribution in [0, 0.1) is 6.92 Å². The fourth-order valence-corrected chi connectivity index (χ4v) is 5.97. The molecule has 3 aromatic rings. The zero-order chi connectivity index (χ0) is 26.1. The summed E-state index contributed by atoms with van der Waals surface area (Å²) < 4.78 is 0. The number of aliphatic imine (C=N–C) groups is 2. The number of rotatable bonds is 5. The maximum atomic E-state index is 13.6. The lowest BCUT2D eigenvalue weighted by atomic mass is 10.1. The number of carbonyl (C=O) groups is 2. The lowest BCUT2D eigenvalue weighted by Gasteiger charge is -2.36. The van der Waals surface area contributed by atoms with Gasteiger partial charge in [0.15, 0.2) is 5.17 Å². The average molecular weight is 524 g/mol. The first-order valence-electron chi connectivity index (χ1n) is 12.9. The predicted octanol–water partition coefficient (Wildman–Crippen LogP) is 4.63. The molecule has 0 N–H and O–H groups in total. The number of amides is 2. The number of aryl methyl sites for hydroxylation is 1. The van der Waals surface area contributed by atoms with Gasteiger partial charge in [-0.1, -0.05) is 71.9 Å². The third-order valence-electron chi connectivity index (χ3n) is 7.16. The fraction of sp³-hybridized carbons (Fsp3) is 0.267. The Labute approximate surface area is 226 Å². The summed E-state index contributed by atoms with van der Waals surface area (Å²) in [7, 11) is 0. The highest BCUT2D eigenvalue weighted by Crippen LogP contribution is 2.35. The fourth-order valence-electron chi connectivity index (χ4n) is 5.01. The SMILES string of the molecule is Cc1ccc(CSC2=Nc3ccccc3C3=NC(CC(=O)N4CCN(c5ccccc5)CC4)C(=O)N23)cc1. The largest absolute Gasteiger partial charge is 0.368 e. The first-order chi connectivity index (χ1) is 18.6. The van der Waals surface area contributed by atoms with E-state index in [1.165, 1.54) is 23.0 Å². The van der Waals surface area contributed by atoms with Gasteiger partial charge in [-0.05, 0) is 36.8 Å². The molecule has 3 aliphatic rings. The minimum atomic E-state index is -0.735. The molecule has 1 fully saturated rings. The van der Waals surface area contributed by atoms with E-state index in [1.807, 2.05) is 47.4 Å². The lowest BCUT2D eigenvalue weighted by Crippen LogP contribution is -2.49. The van der Waals surface area contributed by atoms with Crippen LogP contribution in [0.5, 0.6) is 0 Å². The van der Waals surface area contributed by atoms with Gasteiger partial charge in [-0.25, -0.2) is 9.89 Å². The molecule has 0 aliphatic carbocycles. The Bertz CT molecular complexity index is 1410. The van der Waals surface area contributed by atoms with Crippen molar-refractivity contribution in [2.75, 3.05) is 31.1 Å². The van der Waals surface area contributed by atoms with Crippen LogP contribution in [0.3, 0.4) is 0 Å². The Balaban J connectivity index is 1.16. The summed E-state index contributed by atoms with van der Waals surface area (Å²) in [5, 5.41) is 0.611. The van der Waals surface area contributed by atoms with E-state index in [0.717, 1.165) is 29.9 Å². The van der Waals surface area contributed by atoms with E-state index in [-0.39, 0.29) is 18.2 Å². The smallest absolute Gasteiger partial charge is 0.259 e. The van der Waals surface area contributed by atoms with E-state index in [1.54, 1.807) is 4.90 Å². The van der Waals surface area contributed by atoms with Crippen molar-refractivity contribution in [3.63, 3.8) is 0 Å². The number of nitrogens with zero attached hydrogens (tertiary/aromatic N) is 5. The molecule has 6 rings (SSSR count). The molecule has 3 heterocycles. The third kappa shape index (κ3) is 4.84. The Morgan fingerprint density at radius 1 is 0.921 bits per heavy atom. The summed E-state index contributed by atoms with van der Waals surface area (Å²) >= 11 is 1.52. The van der Waals surface area contributed by atoms with Crippen LogP contribution in [0.15, 0.2) is 88.8 Å². The van der Waals surface area contributed by atoms with Crippen LogP contribution in [-0.2, 0) is 15.3 Å². The summed E-state index contributed by atoms with van der Waals surface area (Å²) in [4.78, 5) is 42.2. The van der Waals surface area contributed by atoms with Crippen LogP contribution in [-0.4, -0.2) is 64.8 Å². The van der Waals surface area contributed by atoms with Crippen molar-refractivity contribution in [3.8, 4) is 0 Å². The highest BCUT2D eigenvalue weighted by Gasteiger charge is 2.42. The summed E-state index contributed by atoms with van der Waals surface area (Å²) in [5.74, 6) is 1.08. The first-order valence-corrected chi connectivity index (χ1v) is 13.9. The van der Waals surface area contributed by atoms with Gasteiger partial charge in [-0.15, -0.1) is 0 Å². The van der Waals surface area contributed by atoms with Gasteiger partial charge in [-0.2, -0.15) is 0 Å². The highest BCUT2D eigenvalue weighted by molar-refractivity contribution is 8.13. The second-order valence-corrected chi connectivity index (χ2v) is 10.7. The molecular weight excluding hydrogens is 494 g/mol. The van der Waals surface area contributed by atoms with Crippen molar-refractivity contribution in [3.05, 3.63) is 95.6 Å². The van der Waals surface area contributed by atoms with Gasteiger partial charge in [-0.3, -0.25) is 14.6 Å². The van der Waals surface area contributed by atoms with Crippen LogP contribution in [0.25, 0.3) is 0 Å². The van der Waals surface area contributed by atoms with E-state index in [4.69, 9.17) is 9.98 Å². The van der Waals surface area contributed by atoms with Crippen molar-refractivity contribution in [1.29, 1.82) is 0 Å². The Hall–Kier alpha value is -3.91. The number of fused-ring (bicyclic) bond motifs is 3. The summed E-state index contributed by atoms with van der Waals surface area (Å²) in [5.41, 5.74) is 5.16. The van der Waals surface area contributed by atoms with Crippen LogP contribution in [0.4, 0.5) is 11.4 Å². The molecule has 7 nitrogen and oxygen atoms in total. The zero-order valence-electron chi connectivity index (χ0n) is 21.3. The van der Waals surface area contributed by atoms with E-state index >= 15 is 0 Å². The standard InChI is InChI=1S/C30H29N5O2S/c1-21-11-13-22(14-12-21)20-38-30-32-25-10-6-5-9-24(25)28-31-26(29(37)35(28)30)19-27(36)34-17-15-33(16-18-34)23-7-3-2-4-8-23/h2-14,26H,15-20H2,1H3. The van der Waals surface area contributed by atoms with Crippen molar-refractivity contribution >= 4 is 46.0 Å². The van der Waals surface area contributed by atoms with E-state index in [0.29, 0.717) is 29.8 Å². The van der Waals surface area contributed by atoms with Gasteiger partial charge < -0.3 is 9.80 Å². The molecule has 2 amide bonds. The normalized spacial score (nSPS) is 18.6. The van der Waals surface area contributed by atoms with Crippen LogP contribution >= 0.6 is 11.8 Å². The van der Waals surface area contributed by atoms with Crippen molar-refractivity contribution in [2.45, 2.75) is 25.1 Å².